The van der Waals surface area contributed by atoms with Gasteiger partial charge in [0, 0.05) is 30.9 Å². The molecule has 0 aromatic carbocycles. The van der Waals surface area contributed by atoms with E-state index in [-0.39, 0.29) is 0 Å². The van der Waals surface area contributed by atoms with Gasteiger partial charge in [0.05, 0.1) is 18.9 Å². The van der Waals surface area contributed by atoms with Gasteiger partial charge in [-0.25, -0.2) is 19.9 Å². The molecule has 2 aromatic rings. The molecule has 1 aliphatic heterocycles. The van der Waals surface area contributed by atoms with E-state index < -0.39 is 0 Å². The summed E-state index contributed by atoms with van der Waals surface area (Å²) in [5, 5.41) is 3.27. The van der Waals surface area contributed by atoms with Crippen LogP contribution in [0.25, 0.3) is 11.6 Å². The van der Waals surface area contributed by atoms with Gasteiger partial charge in [-0.15, -0.1) is 0 Å². The van der Waals surface area contributed by atoms with Gasteiger partial charge in [-0.05, 0) is 19.4 Å². The van der Waals surface area contributed by atoms with E-state index in [0.717, 1.165) is 35.6 Å². The molecule has 20 heavy (non-hydrogen) atoms. The molecule has 104 valence electrons. The molecule has 6 heteroatoms. The van der Waals surface area contributed by atoms with Crippen molar-refractivity contribution in [3.63, 3.8) is 0 Å². The van der Waals surface area contributed by atoms with Crippen LogP contribution >= 0.6 is 0 Å². The quantitative estimate of drug-likeness (QED) is 0.916. The van der Waals surface area contributed by atoms with Gasteiger partial charge in [0.25, 0.3) is 0 Å². The van der Waals surface area contributed by atoms with Crippen molar-refractivity contribution in [2.75, 3.05) is 18.5 Å². The summed E-state index contributed by atoms with van der Waals surface area (Å²) in [4.78, 5) is 17.8. The SMILES string of the molecule is CCNc1nc(-c2ncc(C)cn2)nc2c1COCC2. The van der Waals surface area contributed by atoms with Crippen LogP contribution in [0.15, 0.2) is 12.4 Å². The molecule has 1 aliphatic rings. The third kappa shape index (κ3) is 2.46. The zero-order chi connectivity index (χ0) is 13.9. The summed E-state index contributed by atoms with van der Waals surface area (Å²) in [5.41, 5.74) is 3.10. The third-order valence-electron chi connectivity index (χ3n) is 3.15. The highest BCUT2D eigenvalue weighted by Crippen LogP contribution is 2.24. The monoisotopic (exact) mass is 271 g/mol. The van der Waals surface area contributed by atoms with Gasteiger partial charge >= 0.3 is 0 Å². The van der Waals surface area contributed by atoms with Gasteiger partial charge in [-0.2, -0.15) is 0 Å². The molecule has 0 saturated heterocycles. The van der Waals surface area contributed by atoms with Crippen LogP contribution in [-0.4, -0.2) is 33.1 Å². The number of nitrogens with zero attached hydrogens (tertiary/aromatic N) is 4. The lowest BCUT2D eigenvalue weighted by Crippen LogP contribution is -2.17. The molecule has 3 heterocycles. The van der Waals surface area contributed by atoms with E-state index >= 15 is 0 Å². The summed E-state index contributed by atoms with van der Waals surface area (Å²) in [6.45, 7) is 6.06. The molecule has 0 aliphatic carbocycles. The Kier molecular flexibility index (Phi) is 3.56. The minimum atomic E-state index is 0.559. The molecular formula is C14H17N5O. The molecule has 2 aromatic heterocycles. The fourth-order valence-corrected chi connectivity index (χ4v) is 2.15. The smallest absolute Gasteiger partial charge is 0.199 e. The molecular weight excluding hydrogens is 254 g/mol. The van der Waals surface area contributed by atoms with Gasteiger partial charge < -0.3 is 10.1 Å². The van der Waals surface area contributed by atoms with E-state index in [1.165, 1.54) is 0 Å². The molecule has 0 saturated carbocycles. The van der Waals surface area contributed by atoms with Gasteiger partial charge in [-0.1, -0.05) is 0 Å². The van der Waals surface area contributed by atoms with Crippen LogP contribution in [0.3, 0.4) is 0 Å². The van der Waals surface area contributed by atoms with E-state index in [1.807, 2.05) is 13.8 Å². The molecule has 0 bridgehead atoms. The standard InChI is InChI=1S/C14H17N5O/c1-3-15-12-10-8-20-5-4-11(10)18-14(19-12)13-16-6-9(2)7-17-13/h6-7H,3-5,8H2,1-2H3,(H,15,18,19). The number of hydrogen-bond acceptors (Lipinski definition) is 6. The summed E-state index contributed by atoms with van der Waals surface area (Å²) >= 11 is 0. The van der Waals surface area contributed by atoms with E-state index in [1.54, 1.807) is 12.4 Å². The zero-order valence-corrected chi connectivity index (χ0v) is 11.7. The Morgan fingerprint density at radius 2 is 2.00 bits per heavy atom. The molecule has 0 spiro atoms. The van der Waals surface area contributed by atoms with Crippen LogP contribution < -0.4 is 5.32 Å². The van der Waals surface area contributed by atoms with Crippen molar-refractivity contribution in [3.8, 4) is 11.6 Å². The number of aryl methyl sites for hydroxylation is 1. The summed E-state index contributed by atoms with van der Waals surface area (Å²) < 4.78 is 5.49. The van der Waals surface area contributed by atoms with E-state index in [0.29, 0.717) is 24.9 Å². The lowest BCUT2D eigenvalue weighted by molar-refractivity contribution is 0.109. The first kappa shape index (κ1) is 12.9. The van der Waals surface area contributed by atoms with Gasteiger partial charge in [-0.3, -0.25) is 0 Å². The van der Waals surface area contributed by atoms with Crippen molar-refractivity contribution < 1.29 is 4.74 Å². The highest BCUT2D eigenvalue weighted by atomic mass is 16.5. The van der Waals surface area contributed by atoms with Crippen molar-refractivity contribution >= 4 is 5.82 Å². The Morgan fingerprint density at radius 3 is 2.75 bits per heavy atom. The second-order valence-corrected chi connectivity index (χ2v) is 4.74. The second kappa shape index (κ2) is 5.50. The van der Waals surface area contributed by atoms with E-state index in [4.69, 9.17) is 4.74 Å². The fourth-order valence-electron chi connectivity index (χ4n) is 2.15. The first-order valence-electron chi connectivity index (χ1n) is 6.78. The number of rotatable bonds is 3. The normalized spacial score (nSPS) is 13.9. The van der Waals surface area contributed by atoms with Crippen molar-refractivity contribution in [1.82, 2.24) is 19.9 Å². The molecule has 6 nitrogen and oxygen atoms in total. The maximum absolute atomic E-state index is 5.49. The number of hydrogen-bond donors (Lipinski definition) is 1. The lowest BCUT2D eigenvalue weighted by Gasteiger charge is -2.19. The Bertz CT molecular complexity index is 612. The van der Waals surface area contributed by atoms with E-state index in [9.17, 15) is 0 Å². The largest absolute Gasteiger partial charge is 0.376 e. The number of nitrogens with one attached hydrogen (secondary N) is 1. The summed E-state index contributed by atoms with van der Waals surface area (Å²) in [5.74, 6) is 1.96. The number of anilines is 1. The van der Waals surface area contributed by atoms with Crippen molar-refractivity contribution in [2.24, 2.45) is 0 Å². The zero-order valence-electron chi connectivity index (χ0n) is 11.7. The summed E-state index contributed by atoms with van der Waals surface area (Å²) in [6, 6.07) is 0. The fraction of sp³-hybridized carbons (Fsp3) is 0.429. The molecule has 1 N–H and O–H groups in total. The summed E-state index contributed by atoms with van der Waals surface area (Å²) in [6.07, 6.45) is 4.36. The van der Waals surface area contributed by atoms with Crippen LogP contribution in [-0.2, 0) is 17.8 Å². The minimum Gasteiger partial charge on any atom is -0.376 e. The van der Waals surface area contributed by atoms with Crippen molar-refractivity contribution in [2.45, 2.75) is 26.9 Å². The summed E-state index contributed by atoms with van der Waals surface area (Å²) in [7, 11) is 0. The Morgan fingerprint density at radius 1 is 1.20 bits per heavy atom. The number of ether oxygens (including phenoxy) is 1. The predicted octanol–water partition coefficient (Wildman–Crippen LogP) is 1.75. The molecule has 0 radical (unpaired) electrons. The van der Waals surface area contributed by atoms with Crippen LogP contribution in [0.5, 0.6) is 0 Å². The number of aromatic nitrogens is 4. The molecule has 0 amide bonds. The maximum atomic E-state index is 5.49. The average Bonchev–Trinajstić information content (AvgIpc) is 2.48. The van der Waals surface area contributed by atoms with E-state index in [2.05, 4.69) is 25.3 Å². The first-order valence-corrected chi connectivity index (χ1v) is 6.78. The third-order valence-corrected chi connectivity index (χ3v) is 3.15. The maximum Gasteiger partial charge on any atom is 0.199 e. The second-order valence-electron chi connectivity index (χ2n) is 4.74. The van der Waals surface area contributed by atoms with Crippen LogP contribution in [0.1, 0.15) is 23.7 Å². The van der Waals surface area contributed by atoms with Crippen LogP contribution in [0, 0.1) is 6.92 Å². The van der Waals surface area contributed by atoms with Gasteiger partial charge in [0.1, 0.15) is 5.82 Å². The predicted molar refractivity (Wildman–Crippen MR) is 75.3 cm³/mol. The van der Waals surface area contributed by atoms with Crippen LogP contribution in [0.4, 0.5) is 5.82 Å². The van der Waals surface area contributed by atoms with Crippen molar-refractivity contribution in [3.05, 3.63) is 29.2 Å². The molecule has 0 fully saturated rings. The average molecular weight is 271 g/mol. The highest BCUT2D eigenvalue weighted by molar-refractivity contribution is 5.54. The molecule has 0 unspecified atom stereocenters. The lowest BCUT2D eigenvalue weighted by atomic mass is 10.1. The van der Waals surface area contributed by atoms with Crippen molar-refractivity contribution in [1.29, 1.82) is 0 Å². The Labute approximate surface area is 117 Å². The number of fused-ring (bicyclic) bond motifs is 1. The molecule has 0 atom stereocenters. The van der Waals surface area contributed by atoms with Crippen LogP contribution in [0.2, 0.25) is 0 Å². The van der Waals surface area contributed by atoms with Gasteiger partial charge in [0.2, 0.25) is 0 Å². The Balaban J connectivity index is 2.07. The minimum absolute atomic E-state index is 0.559. The topological polar surface area (TPSA) is 72.8 Å². The molecule has 3 rings (SSSR count). The first-order chi connectivity index (χ1) is 9.78. The highest BCUT2D eigenvalue weighted by Gasteiger charge is 2.19. The Hall–Kier alpha value is -2.08. The van der Waals surface area contributed by atoms with Gasteiger partial charge in [0.15, 0.2) is 11.6 Å².